The molecule has 6 rings (SSSR count). The fourth-order valence-corrected chi connectivity index (χ4v) is 9.51. The number of carboxylic acid groups (broad SMARTS) is 2. The van der Waals surface area contributed by atoms with Crippen LogP contribution in [0.3, 0.4) is 0 Å². The molecule has 4 aromatic rings. The van der Waals surface area contributed by atoms with E-state index in [1.807, 2.05) is 0 Å². The average molecular weight is 1210 g/mol. The van der Waals surface area contributed by atoms with Crippen molar-refractivity contribution in [2.24, 2.45) is 11.5 Å². The molecule has 10 N–H and O–H groups in total. The summed E-state index contributed by atoms with van der Waals surface area (Å²) in [6.07, 6.45) is 9.62. The van der Waals surface area contributed by atoms with Crippen molar-refractivity contribution in [1.82, 2.24) is 29.2 Å². The minimum absolute atomic E-state index is 0.0628. The second kappa shape index (κ2) is 31.9. The second-order valence-electron chi connectivity index (χ2n) is 16.7. The van der Waals surface area contributed by atoms with E-state index < -0.39 is 72.3 Å². The van der Waals surface area contributed by atoms with Gasteiger partial charge in [-0.15, -0.1) is 0 Å². The molecule has 20 nitrogen and oxygen atoms in total. The smallest absolute Gasteiger partial charge is 0.319 e. The quantitative estimate of drug-likeness (QED) is 0.0228. The van der Waals surface area contributed by atoms with Crippen LogP contribution in [0.15, 0.2) is 33.2 Å². The Hall–Kier alpha value is -5.68. The van der Waals surface area contributed by atoms with E-state index >= 15 is 0 Å². The number of rotatable bonds is 25. The molecule has 0 spiro atoms. The minimum atomic E-state index is -0.883. The van der Waals surface area contributed by atoms with Gasteiger partial charge >= 0.3 is 24.0 Å². The van der Waals surface area contributed by atoms with Crippen molar-refractivity contribution < 1.29 is 66.0 Å². The van der Waals surface area contributed by atoms with Crippen LogP contribution < -0.4 is 42.2 Å². The predicted octanol–water partition coefficient (Wildman–Crippen LogP) is 8.43. The number of nitrogens with one attached hydrogen (secondary N) is 4. The number of carbonyl (C=O) groups excluding carboxylic acids is 4. The highest BCUT2D eigenvalue weighted by Crippen LogP contribution is 2.33. The molecule has 2 fully saturated rings. The maximum atomic E-state index is 14.0. The lowest BCUT2D eigenvalue weighted by molar-refractivity contribution is -0.139. The number of unbranched alkanes of at least 4 members (excludes halogenated alkanes) is 3. The fourth-order valence-electron chi connectivity index (χ4n) is 7.24. The van der Waals surface area contributed by atoms with Crippen LogP contribution in [-0.2, 0) is 22.8 Å². The van der Waals surface area contributed by atoms with Gasteiger partial charge in [0.2, 0.25) is 11.8 Å². The Kier molecular flexibility index (Phi) is 26.3. The Bertz CT molecular complexity index is 2320. The normalized spacial score (nSPS) is 13.2. The zero-order valence-electron chi connectivity index (χ0n) is 40.1. The predicted molar refractivity (Wildman–Crippen MR) is 276 cm³/mol. The van der Waals surface area contributed by atoms with Gasteiger partial charge in [0.25, 0.3) is 11.8 Å². The number of likely N-dealkylation sites (tertiary alicyclic amines) is 2. The molecule has 0 unspecified atom stereocenters. The van der Waals surface area contributed by atoms with Crippen molar-refractivity contribution >= 4 is 101 Å². The maximum Gasteiger partial charge on any atom is 0.319 e. The van der Waals surface area contributed by atoms with Crippen molar-refractivity contribution in [3.8, 4) is 11.8 Å². The molecule has 0 bridgehead atoms. The lowest BCUT2D eigenvalue weighted by atomic mass is 10.2. The summed E-state index contributed by atoms with van der Waals surface area (Å²) in [5.74, 6) is -7.15. The number of hydrogen-bond donors (Lipinski definition) is 8. The molecule has 0 radical (unpaired) electrons. The van der Waals surface area contributed by atoms with E-state index in [9.17, 15) is 46.3 Å². The summed E-state index contributed by atoms with van der Waals surface area (Å²) in [5.41, 5.74) is 9.85. The number of nitrogens with zero attached hydrogens (tertiary/aromatic N) is 4. The van der Waals surface area contributed by atoms with E-state index in [4.69, 9.17) is 31.2 Å². The van der Waals surface area contributed by atoms with Crippen LogP contribution in [-0.4, -0.2) is 117 Å². The standard InChI is InChI=1S/2C20H24BrF2N5O3S.C6H10O4/c2*21-12-9-14(22)13(15(23)10-12)11-31-18-16(17(24)29)19(32-27-18)26-20(30)25-5-1-2-6-28-7-3-4-8-28;7-5(8)3-1-2-4-6(9)10/h2*9-10H,1-8,11H2,(H2,24,29)(H2,25,26,30);1-4H2,(H,7,8)(H,9,10). The van der Waals surface area contributed by atoms with Crippen LogP contribution in [0.5, 0.6) is 11.8 Å². The second-order valence-corrected chi connectivity index (χ2v) is 20.0. The van der Waals surface area contributed by atoms with E-state index in [-0.39, 0.29) is 65.8 Å². The number of carboxylic acids is 2. The number of aliphatic carboxylic acids is 2. The first-order valence-corrected chi connectivity index (χ1v) is 26.6. The summed E-state index contributed by atoms with van der Waals surface area (Å²) < 4.78 is 75.0. The first kappa shape index (κ1) is 60.9. The summed E-state index contributed by atoms with van der Waals surface area (Å²) in [7, 11) is 0. The average Bonchev–Trinajstić information content (AvgIpc) is 4.17. The number of halogens is 6. The number of carbonyl (C=O) groups is 6. The highest BCUT2D eigenvalue weighted by molar-refractivity contribution is 9.10. The van der Waals surface area contributed by atoms with Crippen LogP contribution in [0.25, 0.3) is 0 Å². The first-order chi connectivity index (χ1) is 35.3. The van der Waals surface area contributed by atoms with Crippen LogP contribution in [0, 0.1) is 23.3 Å². The molecule has 4 heterocycles. The molecule has 0 atom stereocenters. The van der Waals surface area contributed by atoms with Crippen LogP contribution >= 0.6 is 54.9 Å². The lowest BCUT2D eigenvalue weighted by Gasteiger charge is -2.14. The Balaban J connectivity index is 0.000000271. The summed E-state index contributed by atoms with van der Waals surface area (Å²) in [4.78, 5) is 72.7. The van der Waals surface area contributed by atoms with E-state index in [0.29, 0.717) is 25.9 Å². The van der Waals surface area contributed by atoms with Gasteiger partial charge in [-0.1, -0.05) is 31.9 Å². The van der Waals surface area contributed by atoms with Gasteiger partial charge in [-0.3, -0.25) is 29.8 Å². The van der Waals surface area contributed by atoms with Gasteiger partial charge < -0.3 is 51.6 Å². The zero-order chi connectivity index (χ0) is 54.2. The molecule has 6 amide bonds. The van der Waals surface area contributed by atoms with Crippen molar-refractivity contribution in [2.75, 3.05) is 63.0 Å². The molecule has 0 aliphatic carbocycles. The van der Waals surface area contributed by atoms with Gasteiger partial charge in [0, 0.05) is 34.9 Å². The monoisotopic (exact) mass is 1210 g/mol. The summed E-state index contributed by atoms with van der Waals surface area (Å²) in [5, 5.41) is 27.0. The number of hydrogen-bond acceptors (Lipinski definition) is 14. The van der Waals surface area contributed by atoms with E-state index in [0.717, 1.165) is 112 Å². The van der Waals surface area contributed by atoms with Gasteiger partial charge in [-0.25, -0.2) is 27.2 Å². The molecular formula is C46H58Br2F4N10O10S2. The third-order valence-electron chi connectivity index (χ3n) is 11.0. The topological polar surface area (TPSA) is 294 Å². The number of benzene rings is 2. The molecule has 2 saturated heterocycles. The third kappa shape index (κ3) is 21.3. The zero-order valence-corrected chi connectivity index (χ0v) is 44.9. The summed E-state index contributed by atoms with van der Waals surface area (Å²) in [6, 6.07) is 3.38. The molecule has 2 aromatic heterocycles. The van der Waals surface area contributed by atoms with Crippen LogP contribution in [0.2, 0.25) is 0 Å². The van der Waals surface area contributed by atoms with Gasteiger partial charge in [-0.05, 0) is 151 Å². The maximum absolute atomic E-state index is 14.0. The lowest BCUT2D eigenvalue weighted by Crippen LogP contribution is -2.30. The summed E-state index contributed by atoms with van der Waals surface area (Å²) in [6.45, 7) is 6.55. The van der Waals surface area contributed by atoms with Gasteiger partial charge in [0.05, 0.1) is 11.1 Å². The minimum Gasteiger partial charge on any atom is -0.481 e. The molecule has 2 aliphatic heterocycles. The van der Waals surface area contributed by atoms with Gasteiger partial charge in [0.1, 0.15) is 57.6 Å². The molecule has 2 aromatic carbocycles. The van der Waals surface area contributed by atoms with Crippen molar-refractivity contribution in [3.63, 3.8) is 0 Å². The van der Waals surface area contributed by atoms with Gasteiger partial charge in [-0.2, -0.15) is 8.75 Å². The molecule has 28 heteroatoms. The summed E-state index contributed by atoms with van der Waals surface area (Å²) >= 11 is 7.58. The van der Waals surface area contributed by atoms with E-state index in [1.165, 1.54) is 25.7 Å². The first-order valence-electron chi connectivity index (χ1n) is 23.4. The number of amides is 6. The fraction of sp³-hybridized carbons (Fsp3) is 0.478. The Morgan fingerprint density at radius 3 is 1.23 bits per heavy atom. The van der Waals surface area contributed by atoms with Crippen LogP contribution in [0.1, 0.15) is 109 Å². The number of primary amides is 2. The third-order valence-corrected chi connectivity index (χ3v) is 13.4. The van der Waals surface area contributed by atoms with E-state index in [2.05, 4.69) is 71.7 Å². The molecule has 406 valence electrons. The van der Waals surface area contributed by atoms with Crippen molar-refractivity contribution in [1.29, 1.82) is 0 Å². The molecule has 2 aliphatic rings. The van der Waals surface area contributed by atoms with Crippen molar-refractivity contribution in [2.45, 2.75) is 90.3 Å². The number of ether oxygens (including phenoxy) is 2. The van der Waals surface area contributed by atoms with Crippen molar-refractivity contribution in [3.05, 3.63) is 78.7 Å². The number of nitrogens with two attached hydrogens (primary N) is 2. The number of anilines is 2. The highest BCUT2D eigenvalue weighted by Gasteiger charge is 2.25. The highest BCUT2D eigenvalue weighted by atomic mass is 79.9. The largest absolute Gasteiger partial charge is 0.481 e. The number of urea groups is 2. The SMILES string of the molecule is NC(=O)c1c(OCc2c(F)cc(Br)cc2F)nsc1NC(=O)NCCCCN1CCCC1.NC(=O)c1c(OCc2c(F)cc(Br)cc2F)nsc1NC(=O)NCCCCN1CCCC1.O=C(O)CCCCC(=O)O. The molecule has 0 saturated carbocycles. The van der Waals surface area contributed by atoms with Crippen LogP contribution in [0.4, 0.5) is 37.2 Å². The molecular weight excluding hydrogens is 1150 g/mol. The Morgan fingerprint density at radius 2 is 0.919 bits per heavy atom. The Labute approximate surface area is 448 Å². The Morgan fingerprint density at radius 1 is 0.581 bits per heavy atom. The van der Waals surface area contributed by atoms with Gasteiger partial charge in [0.15, 0.2) is 0 Å². The number of aromatic nitrogens is 2. The van der Waals surface area contributed by atoms with E-state index in [1.54, 1.807) is 0 Å². The molecule has 74 heavy (non-hydrogen) atoms.